The second kappa shape index (κ2) is 10.3. The van der Waals surface area contributed by atoms with Crippen LogP contribution < -0.4 is 0 Å². The summed E-state index contributed by atoms with van der Waals surface area (Å²) in [4.78, 5) is 22.6. The number of carbonyl (C=O) groups excluding carboxylic acids is 1. The maximum Gasteiger partial charge on any atom is 0.334 e. The molecule has 0 spiro atoms. The van der Waals surface area contributed by atoms with Crippen molar-refractivity contribution in [2.75, 3.05) is 0 Å². The first-order valence-electron chi connectivity index (χ1n) is 8.83. The van der Waals surface area contributed by atoms with Gasteiger partial charge in [-0.25, -0.2) is 4.79 Å². The quantitative estimate of drug-likeness (QED) is 0.290. The Morgan fingerprint density at radius 1 is 1.38 bits per heavy atom. The monoisotopic (exact) mass is 338 g/mol. The zero-order valence-corrected chi connectivity index (χ0v) is 15.0. The lowest BCUT2D eigenvalue weighted by atomic mass is 9.92. The zero-order chi connectivity index (χ0) is 18.1. The minimum Gasteiger partial charge on any atom is -0.481 e. The highest BCUT2D eigenvalue weighted by Gasteiger charge is 2.33. The van der Waals surface area contributed by atoms with Gasteiger partial charge in [0.1, 0.15) is 6.10 Å². The van der Waals surface area contributed by atoms with E-state index >= 15 is 0 Å². The molecule has 0 radical (unpaired) electrons. The highest BCUT2D eigenvalue weighted by molar-refractivity contribution is 5.90. The summed E-state index contributed by atoms with van der Waals surface area (Å²) in [6.07, 6.45) is 7.75. The highest BCUT2D eigenvalue weighted by Crippen LogP contribution is 2.26. The molecule has 24 heavy (non-hydrogen) atoms. The Hall–Kier alpha value is -1.62. The summed E-state index contributed by atoms with van der Waals surface area (Å²) in [5.74, 6) is -1.17. The third kappa shape index (κ3) is 6.87. The van der Waals surface area contributed by atoms with E-state index in [0.29, 0.717) is 5.92 Å². The molecule has 0 aromatic rings. The number of ether oxygens (including phenoxy) is 1. The standard InChI is InChI=1S/C19H30O5/c1-4-5-6-7-8-13(2)11-14(3)18-16(20)12-15(19(23)24-18)9-10-17(21)22/h9,11,13,16,18,20H,4-8,10,12H2,1-3H3,(H,21,22)/b14-11+,15-9+/t13-,16+,18-/m1/s1. The molecular formula is C19H30O5. The lowest BCUT2D eigenvalue weighted by Gasteiger charge is -2.30. The largest absolute Gasteiger partial charge is 0.481 e. The van der Waals surface area contributed by atoms with Gasteiger partial charge in [-0.3, -0.25) is 4.79 Å². The third-order valence-corrected chi connectivity index (χ3v) is 4.31. The number of aliphatic carboxylic acids is 1. The number of hydrogen-bond donors (Lipinski definition) is 2. The number of aliphatic hydroxyl groups is 1. The summed E-state index contributed by atoms with van der Waals surface area (Å²) in [6.45, 7) is 6.19. The van der Waals surface area contributed by atoms with Gasteiger partial charge in [-0.05, 0) is 24.8 Å². The number of esters is 1. The zero-order valence-electron chi connectivity index (χ0n) is 15.0. The first-order chi connectivity index (χ1) is 11.3. The van der Waals surface area contributed by atoms with Crippen molar-refractivity contribution in [3.63, 3.8) is 0 Å². The summed E-state index contributed by atoms with van der Waals surface area (Å²) >= 11 is 0. The fraction of sp³-hybridized carbons (Fsp3) is 0.684. The van der Waals surface area contributed by atoms with Crippen molar-refractivity contribution >= 4 is 11.9 Å². The Morgan fingerprint density at radius 2 is 2.08 bits per heavy atom. The van der Waals surface area contributed by atoms with Crippen molar-refractivity contribution < 1.29 is 24.5 Å². The van der Waals surface area contributed by atoms with Gasteiger partial charge < -0.3 is 14.9 Å². The van der Waals surface area contributed by atoms with E-state index in [4.69, 9.17) is 9.84 Å². The summed E-state index contributed by atoms with van der Waals surface area (Å²) in [5, 5.41) is 18.9. The number of unbranched alkanes of at least 4 members (excludes halogenated alkanes) is 3. The Labute approximate surface area is 144 Å². The molecule has 0 aliphatic carbocycles. The van der Waals surface area contributed by atoms with Crippen molar-refractivity contribution in [3.8, 4) is 0 Å². The van der Waals surface area contributed by atoms with Crippen LogP contribution in [0.3, 0.4) is 0 Å². The number of carboxylic acid groups (broad SMARTS) is 1. The van der Waals surface area contributed by atoms with Gasteiger partial charge in [0.25, 0.3) is 0 Å². The number of rotatable bonds is 9. The van der Waals surface area contributed by atoms with Crippen LogP contribution >= 0.6 is 0 Å². The third-order valence-electron chi connectivity index (χ3n) is 4.31. The molecule has 2 N–H and O–H groups in total. The number of hydrogen-bond acceptors (Lipinski definition) is 4. The predicted molar refractivity (Wildman–Crippen MR) is 92.5 cm³/mol. The number of carboxylic acids is 1. The molecule has 0 aromatic carbocycles. The SMILES string of the molecule is CCCCCC[C@@H](C)/C=C(\C)[C@H]1OC(=O)/C(=C/CC(=O)O)C[C@@H]1O. The van der Waals surface area contributed by atoms with Crippen molar-refractivity contribution in [1.82, 2.24) is 0 Å². The van der Waals surface area contributed by atoms with Crippen molar-refractivity contribution in [2.24, 2.45) is 5.92 Å². The van der Waals surface area contributed by atoms with Crippen LogP contribution in [0, 0.1) is 5.92 Å². The van der Waals surface area contributed by atoms with E-state index in [-0.39, 0.29) is 18.4 Å². The van der Waals surface area contributed by atoms with E-state index in [1.165, 1.54) is 31.8 Å². The van der Waals surface area contributed by atoms with E-state index in [1.807, 2.05) is 6.92 Å². The Morgan fingerprint density at radius 3 is 2.71 bits per heavy atom. The normalized spacial score (nSPS) is 24.8. The fourth-order valence-electron chi connectivity index (χ4n) is 2.98. The summed E-state index contributed by atoms with van der Waals surface area (Å²) in [7, 11) is 0. The maximum absolute atomic E-state index is 12.0. The topological polar surface area (TPSA) is 83.8 Å². The van der Waals surface area contributed by atoms with Gasteiger partial charge in [-0.2, -0.15) is 0 Å². The molecule has 1 saturated heterocycles. The molecule has 5 nitrogen and oxygen atoms in total. The molecule has 1 heterocycles. The van der Waals surface area contributed by atoms with Gasteiger partial charge in [0.2, 0.25) is 0 Å². The smallest absolute Gasteiger partial charge is 0.334 e. The highest BCUT2D eigenvalue weighted by atomic mass is 16.6. The van der Waals surface area contributed by atoms with Gasteiger partial charge in [-0.15, -0.1) is 0 Å². The van der Waals surface area contributed by atoms with Crippen molar-refractivity contribution in [2.45, 2.75) is 77.9 Å². The minimum absolute atomic E-state index is 0.132. The van der Waals surface area contributed by atoms with E-state index in [0.717, 1.165) is 12.0 Å². The molecule has 0 amide bonds. The molecule has 1 fully saturated rings. The number of allylic oxidation sites excluding steroid dienone is 1. The number of aliphatic hydroxyl groups excluding tert-OH is 1. The first kappa shape index (κ1) is 20.4. The summed E-state index contributed by atoms with van der Waals surface area (Å²) < 4.78 is 5.33. The van der Waals surface area contributed by atoms with E-state index in [2.05, 4.69) is 19.9 Å². The van der Waals surface area contributed by atoms with Crippen molar-refractivity contribution in [1.29, 1.82) is 0 Å². The van der Waals surface area contributed by atoms with E-state index < -0.39 is 24.1 Å². The van der Waals surface area contributed by atoms with Crippen LogP contribution in [0.4, 0.5) is 0 Å². The average molecular weight is 338 g/mol. The van der Waals surface area contributed by atoms with Crippen LogP contribution in [-0.4, -0.2) is 34.4 Å². The second-order valence-electron chi connectivity index (χ2n) is 6.66. The van der Waals surface area contributed by atoms with Gasteiger partial charge in [0.05, 0.1) is 12.5 Å². The molecule has 0 bridgehead atoms. The van der Waals surface area contributed by atoms with E-state index in [9.17, 15) is 14.7 Å². The molecule has 1 aliphatic heterocycles. The lowest BCUT2D eigenvalue weighted by molar-refractivity contribution is -0.152. The molecular weight excluding hydrogens is 308 g/mol. The average Bonchev–Trinajstić information content (AvgIpc) is 2.51. The summed E-state index contributed by atoms with van der Waals surface area (Å²) in [6, 6.07) is 0. The number of cyclic esters (lactones) is 1. The predicted octanol–water partition coefficient (Wildman–Crippen LogP) is 3.62. The fourth-order valence-corrected chi connectivity index (χ4v) is 2.98. The maximum atomic E-state index is 12.0. The van der Waals surface area contributed by atoms with Crippen LogP contribution in [0.1, 0.15) is 65.7 Å². The van der Waals surface area contributed by atoms with Crippen LogP contribution in [-0.2, 0) is 14.3 Å². The molecule has 1 rings (SSSR count). The lowest BCUT2D eigenvalue weighted by Crippen LogP contribution is -2.39. The first-order valence-corrected chi connectivity index (χ1v) is 8.83. The van der Waals surface area contributed by atoms with Crippen LogP contribution in [0.5, 0.6) is 0 Å². The van der Waals surface area contributed by atoms with Crippen LogP contribution in [0.15, 0.2) is 23.3 Å². The molecule has 5 heteroatoms. The summed E-state index contributed by atoms with van der Waals surface area (Å²) in [5.41, 5.74) is 1.10. The molecule has 0 unspecified atom stereocenters. The van der Waals surface area contributed by atoms with E-state index in [1.54, 1.807) is 0 Å². The van der Waals surface area contributed by atoms with Gasteiger partial charge >= 0.3 is 11.9 Å². The molecule has 0 aromatic heterocycles. The Kier molecular flexibility index (Phi) is 8.76. The Bertz CT molecular complexity index is 492. The van der Waals surface area contributed by atoms with Gasteiger partial charge in [-0.1, -0.05) is 51.7 Å². The minimum atomic E-state index is -1.01. The second-order valence-corrected chi connectivity index (χ2v) is 6.66. The molecule has 136 valence electrons. The van der Waals surface area contributed by atoms with Crippen LogP contribution in [0.25, 0.3) is 0 Å². The molecule has 0 saturated carbocycles. The Balaban J connectivity index is 2.60. The number of carbonyl (C=O) groups is 2. The molecule has 1 aliphatic rings. The van der Waals surface area contributed by atoms with Gasteiger partial charge in [0.15, 0.2) is 0 Å². The van der Waals surface area contributed by atoms with Crippen molar-refractivity contribution in [3.05, 3.63) is 23.3 Å². The van der Waals surface area contributed by atoms with Gasteiger partial charge in [0, 0.05) is 12.0 Å². The van der Waals surface area contributed by atoms with Crippen LogP contribution in [0.2, 0.25) is 0 Å². The molecule has 3 atom stereocenters.